The molecular weight excluding hydrogens is 421 g/mol. The van der Waals surface area contributed by atoms with Crippen molar-refractivity contribution in [2.75, 3.05) is 6.54 Å². The minimum absolute atomic E-state index is 0.0397. The van der Waals surface area contributed by atoms with Crippen molar-refractivity contribution in [2.45, 2.75) is 5.92 Å². The Labute approximate surface area is 191 Å². The third kappa shape index (κ3) is 6.64. The molecule has 0 saturated carbocycles. The van der Waals surface area contributed by atoms with Crippen LogP contribution in [0.1, 0.15) is 22.6 Å². The molecule has 3 aromatic carbocycles. The maximum atomic E-state index is 14.6. The van der Waals surface area contributed by atoms with E-state index >= 15 is 0 Å². The van der Waals surface area contributed by atoms with Crippen molar-refractivity contribution in [3.8, 4) is 0 Å². The highest BCUT2D eigenvalue weighted by molar-refractivity contribution is 6.14. The fourth-order valence-electron chi connectivity index (χ4n) is 3.55. The van der Waals surface area contributed by atoms with Crippen molar-refractivity contribution in [3.05, 3.63) is 130 Å². The Kier molecular flexibility index (Phi) is 8.13. The zero-order chi connectivity index (χ0) is 23.6. The van der Waals surface area contributed by atoms with Crippen LogP contribution >= 0.6 is 0 Å². The zero-order valence-corrected chi connectivity index (χ0v) is 17.7. The molecule has 1 unspecified atom stereocenters. The summed E-state index contributed by atoms with van der Waals surface area (Å²) in [7, 11) is 0. The normalized spacial score (nSPS) is 13.1. The monoisotopic (exact) mass is 443 g/mol. The van der Waals surface area contributed by atoms with Crippen LogP contribution in [0.2, 0.25) is 0 Å². The molecule has 0 saturated heterocycles. The number of halogens is 1. The van der Waals surface area contributed by atoms with E-state index in [4.69, 9.17) is 0 Å². The summed E-state index contributed by atoms with van der Waals surface area (Å²) in [5.74, 6) is -4.67. The van der Waals surface area contributed by atoms with Gasteiger partial charge in [-0.05, 0) is 34.9 Å². The molecule has 3 aromatic rings. The highest BCUT2D eigenvalue weighted by atomic mass is 19.1. The third-order valence-electron chi connectivity index (χ3n) is 5.15. The van der Waals surface area contributed by atoms with Crippen molar-refractivity contribution in [2.24, 2.45) is 5.92 Å². The first kappa shape index (κ1) is 23.5. The van der Waals surface area contributed by atoms with Gasteiger partial charge < -0.3 is 0 Å². The molecular formula is C27H22FNO4. The summed E-state index contributed by atoms with van der Waals surface area (Å²) in [5, 5.41) is 11.4. The number of nitro groups is 1. The topological polar surface area (TPSA) is 77.3 Å². The summed E-state index contributed by atoms with van der Waals surface area (Å²) in [6, 6.07) is 23.5. The van der Waals surface area contributed by atoms with E-state index < -0.39 is 40.7 Å². The predicted octanol–water partition coefficient (Wildman–Crippen LogP) is 5.37. The van der Waals surface area contributed by atoms with Gasteiger partial charge in [0, 0.05) is 4.92 Å². The lowest BCUT2D eigenvalue weighted by Gasteiger charge is -2.21. The Balaban J connectivity index is 2.01. The van der Waals surface area contributed by atoms with E-state index in [0.717, 1.165) is 17.2 Å². The largest absolute Gasteiger partial charge is 0.294 e. The zero-order valence-electron chi connectivity index (χ0n) is 17.7. The number of benzene rings is 3. The first-order valence-corrected chi connectivity index (χ1v) is 10.4. The van der Waals surface area contributed by atoms with Crippen LogP contribution in [0.4, 0.5) is 4.39 Å². The van der Waals surface area contributed by atoms with Crippen molar-refractivity contribution >= 4 is 23.7 Å². The van der Waals surface area contributed by atoms with Crippen LogP contribution < -0.4 is 0 Å². The second-order valence-electron chi connectivity index (χ2n) is 7.41. The molecule has 0 aliphatic heterocycles. The van der Waals surface area contributed by atoms with E-state index in [0.29, 0.717) is 0 Å². The summed E-state index contributed by atoms with van der Waals surface area (Å²) in [6.07, 6.45) is 5.52. The first-order chi connectivity index (χ1) is 16.0. The molecule has 166 valence electrons. The molecule has 0 radical (unpaired) electrons. The third-order valence-corrected chi connectivity index (χ3v) is 5.15. The van der Waals surface area contributed by atoms with Crippen LogP contribution in [0.3, 0.4) is 0 Å². The van der Waals surface area contributed by atoms with Gasteiger partial charge in [-0.15, -0.1) is 0 Å². The van der Waals surface area contributed by atoms with E-state index in [1.165, 1.54) is 42.5 Å². The van der Waals surface area contributed by atoms with E-state index in [1.807, 2.05) is 12.1 Å². The molecule has 2 atom stereocenters. The van der Waals surface area contributed by atoms with E-state index in [-0.39, 0.29) is 5.56 Å². The molecule has 0 fully saturated rings. The van der Waals surface area contributed by atoms with Gasteiger partial charge in [-0.2, -0.15) is 0 Å². The lowest BCUT2D eigenvalue weighted by molar-refractivity contribution is -0.484. The van der Waals surface area contributed by atoms with E-state index in [9.17, 15) is 24.1 Å². The maximum absolute atomic E-state index is 14.6. The van der Waals surface area contributed by atoms with Gasteiger partial charge in [0.05, 0.1) is 11.8 Å². The number of hydrogen-bond acceptors (Lipinski definition) is 4. The molecule has 6 heteroatoms. The lowest BCUT2D eigenvalue weighted by atomic mass is 9.79. The number of carbonyl (C=O) groups is 2. The molecule has 5 nitrogen and oxygen atoms in total. The molecule has 0 spiro atoms. The molecule has 3 rings (SSSR count). The number of rotatable bonds is 10. The number of nitrogens with zero attached hydrogens (tertiary/aromatic N) is 1. The van der Waals surface area contributed by atoms with Crippen LogP contribution in [0.15, 0.2) is 97.1 Å². The Morgan fingerprint density at radius 3 is 1.70 bits per heavy atom. The summed E-state index contributed by atoms with van der Waals surface area (Å²) in [4.78, 5) is 37.2. The quantitative estimate of drug-likeness (QED) is 0.183. The molecule has 33 heavy (non-hydrogen) atoms. The molecule has 0 amide bonds. The Bertz CT molecular complexity index is 1110. The molecule has 0 bridgehead atoms. The molecule has 0 heterocycles. The van der Waals surface area contributed by atoms with Crippen LogP contribution in [0.5, 0.6) is 0 Å². The van der Waals surface area contributed by atoms with Gasteiger partial charge in [0.25, 0.3) is 0 Å². The molecule has 0 aliphatic carbocycles. The van der Waals surface area contributed by atoms with Crippen molar-refractivity contribution in [1.82, 2.24) is 0 Å². The Morgan fingerprint density at radius 2 is 1.24 bits per heavy atom. The van der Waals surface area contributed by atoms with Crippen molar-refractivity contribution < 1.29 is 18.9 Å². The minimum Gasteiger partial charge on any atom is -0.294 e. The average Bonchev–Trinajstić information content (AvgIpc) is 2.82. The van der Waals surface area contributed by atoms with Gasteiger partial charge in [0.1, 0.15) is 5.82 Å². The van der Waals surface area contributed by atoms with Crippen LogP contribution in [-0.2, 0) is 9.59 Å². The SMILES string of the molecule is O=C(/C=C\c1ccccc1)C(C(=O)/C=C/c1ccccc1)[C@@H](C[N+](=O)[O-])c1ccccc1F. The number of ketones is 2. The highest BCUT2D eigenvalue weighted by Crippen LogP contribution is 2.30. The lowest BCUT2D eigenvalue weighted by Crippen LogP contribution is -2.33. The number of hydrogen-bond donors (Lipinski definition) is 0. The van der Waals surface area contributed by atoms with Gasteiger partial charge >= 0.3 is 0 Å². The minimum atomic E-state index is -1.45. The van der Waals surface area contributed by atoms with Gasteiger partial charge in [0.15, 0.2) is 11.6 Å². The predicted molar refractivity (Wildman–Crippen MR) is 125 cm³/mol. The van der Waals surface area contributed by atoms with Crippen molar-refractivity contribution in [3.63, 3.8) is 0 Å². The maximum Gasteiger partial charge on any atom is 0.211 e. The smallest absolute Gasteiger partial charge is 0.211 e. The second-order valence-corrected chi connectivity index (χ2v) is 7.41. The summed E-state index contributed by atoms with van der Waals surface area (Å²) >= 11 is 0. The molecule has 0 N–H and O–H groups in total. The molecule has 0 aliphatic rings. The van der Waals surface area contributed by atoms with Gasteiger partial charge in [-0.1, -0.05) is 91.0 Å². The van der Waals surface area contributed by atoms with Crippen LogP contribution in [0, 0.1) is 21.8 Å². The fraction of sp³-hybridized carbons (Fsp3) is 0.111. The van der Waals surface area contributed by atoms with Gasteiger partial charge in [-0.25, -0.2) is 4.39 Å². The number of allylic oxidation sites excluding steroid dienone is 2. The van der Waals surface area contributed by atoms with E-state index in [2.05, 4.69) is 0 Å². The van der Waals surface area contributed by atoms with Gasteiger partial charge in [0.2, 0.25) is 6.54 Å². The van der Waals surface area contributed by atoms with E-state index in [1.54, 1.807) is 48.5 Å². The van der Waals surface area contributed by atoms with Crippen LogP contribution in [-0.4, -0.2) is 23.0 Å². The van der Waals surface area contributed by atoms with Crippen LogP contribution in [0.25, 0.3) is 12.2 Å². The summed E-state index contributed by atoms with van der Waals surface area (Å²) in [6.45, 7) is -0.762. The summed E-state index contributed by atoms with van der Waals surface area (Å²) < 4.78 is 14.6. The summed E-state index contributed by atoms with van der Waals surface area (Å²) in [5.41, 5.74) is 1.42. The second kappa shape index (κ2) is 11.4. The first-order valence-electron chi connectivity index (χ1n) is 10.4. The number of carbonyl (C=O) groups excluding carboxylic acids is 2. The Morgan fingerprint density at radius 1 is 0.788 bits per heavy atom. The van der Waals surface area contributed by atoms with Crippen molar-refractivity contribution in [1.29, 1.82) is 0 Å². The Hall–Kier alpha value is -4.19. The highest BCUT2D eigenvalue weighted by Gasteiger charge is 2.37. The fourth-order valence-corrected chi connectivity index (χ4v) is 3.55. The standard InChI is InChI=1S/C27H22FNO4/c28-24-14-8-7-13-22(24)23(19-29(32)33)27(25(30)17-15-20-9-3-1-4-10-20)26(31)18-16-21-11-5-2-6-12-21/h1-18,23,27H,19H2/b17-15-,18-16+/t23-,27?/m0/s1. The average molecular weight is 443 g/mol. The molecule has 0 aromatic heterocycles. The van der Waals surface area contributed by atoms with Gasteiger partial charge in [-0.3, -0.25) is 19.7 Å².